The molecule has 34 heavy (non-hydrogen) atoms. The first-order valence-electron chi connectivity index (χ1n) is 10.9. The van der Waals surface area contributed by atoms with Gasteiger partial charge in [0, 0.05) is 13.1 Å². The van der Waals surface area contributed by atoms with E-state index in [4.69, 9.17) is 9.47 Å². The minimum absolute atomic E-state index is 0.146. The van der Waals surface area contributed by atoms with Gasteiger partial charge < -0.3 is 14.8 Å². The Morgan fingerprint density at radius 1 is 0.941 bits per heavy atom. The summed E-state index contributed by atoms with van der Waals surface area (Å²) in [5.74, 6) is 1.08. The number of carbonyl (C=O) groups excluding carboxylic acids is 1. The molecule has 178 valence electrons. The lowest BCUT2D eigenvalue weighted by atomic mass is 9.95. The minimum atomic E-state index is -4.37. The lowest BCUT2D eigenvalue weighted by Crippen LogP contribution is -2.38. The zero-order chi connectivity index (χ0) is 24.1. The van der Waals surface area contributed by atoms with Gasteiger partial charge in [0.2, 0.25) is 12.7 Å². The summed E-state index contributed by atoms with van der Waals surface area (Å²) in [4.78, 5) is 12.7. The number of halogens is 3. The van der Waals surface area contributed by atoms with Gasteiger partial charge in [-0.2, -0.15) is 13.2 Å². The molecule has 8 heteroatoms. The van der Waals surface area contributed by atoms with Crippen LogP contribution in [0, 0.1) is 0 Å². The number of likely N-dealkylation sites (N-methyl/N-ethyl adjacent to an activating group) is 1. The van der Waals surface area contributed by atoms with Crippen molar-refractivity contribution in [3.63, 3.8) is 0 Å². The summed E-state index contributed by atoms with van der Waals surface area (Å²) in [5.41, 5.74) is 1.80. The molecule has 2 unspecified atom stereocenters. The van der Waals surface area contributed by atoms with E-state index in [0.29, 0.717) is 24.3 Å². The van der Waals surface area contributed by atoms with Crippen molar-refractivity contribution in [2.75, 3.05) is 13.8 Å². The zero-order valence-electron chi connectivity index (χ0n) is 18.6. The van der Waals surface area contributed by atoms with E-state index in [2.05, 4.69) is 10.6 Å². The molecule has 4 rings (SSSR count). The highest BCUT2D eigenvalue weighted by Gasteiger charge is 2.30. The topological polar surface area (TPSA) is 59.6 Å². The van der Waals surface area contributed by atoms with Crippen molar-refractivity contribution in [1.82, 2.24) is 10.6 Å². The van der Waals surface area contributed by atoms with Crippen LogP contribution in [-0.4, -0.2) is 19.7 Å². The molecule has 3 aromatic carbocycles. The van der Waals surface area contributed by atoms with Gasteiger partial charge in [-0.1, -0.05) is 48.5 Å². The molecule has 0 radical (unpaired) electrons. The van der Waals surface area contributed by atoms with Gasteiger partial charge in [0.15, 0.2) is 11.5 Å². The Bertz CT molecular complexity index is 1120. The van der Waals surface area contributed by atoms with E-state index < -0.39 is 17.8 Å². The van der Waals surface area contributed by atoms with E-state index in [9.17, 15) is 18.0 Å². The molecule has 0 fully saturated rings. The highest BCUT2D eigenvalue weighted by molar-refractivity contribution is 5.83. The van der Waals surface area contributed by atoms with Crippen molar-refractivity contribution in [2.45, 2.75) is 31.1 Å². The molecule has 1 aliphatic heterocycles. The number of amides is 1. The third kappa shape index (κ3) is 5.51. The molecule has 3 aromatic rings. The number of rotatable bonds is 8. The molecule has 0 aromatic heterocycles. The second-order valence-corrected chi connectivity index (χ2v) is 8.02. The van der Waals surface area contributed by atoms with Crippen molar-refractivity contribution in [1.29, 1.82) is 0 Å². The molecule has 0 spiro atoms. The van der Waals surface area contributed by atoms with Crippen LogP contribution in [0.2, 0.25) is 0 Å². The predicted molar refractivity (Wildman–Crippen MR) is 121 cm³/mol. The molecule has 1 amide bonds. The van der Waals surface area contributed by atoms with Crippen LogP contribution < -0.4 is 20.1 Å². The number of hydrogen-bond acceptors (Lipinski definition) is 4. The van der Waals surface area contributed by atoms with Gasteiger partial charge >= 0.3 is 6.18 Å². The van der Waals surface area contributed by atoms with Crippen LogP contribution in [0.1, 0.15) is 40.8 Å². The average Bonchev–Trinajstić information content (AvgIpc) is 3.32. The fourth-order valence-corrected chi connectivity index (χ4v) is 3.96. The molecule has 1 heterocycles. The number of fused-ring (bicyclic) bond motifs is 1. The zero-order valence-corrected chi connectivity index (χ0v) is 18.6. The number of ether oxygens (including phenoxy) is 2. The Labute approximate surface area is 195 Å². The van der Waals surface area contributed by atoms with Crippen molar-refractivity contribution < 1.29 is 27.4 Å². The van der Waals surface area contributed by atoms with E-state index >= 15 is 0 Å². The minimum Gasteiger partial charge on any atom is -0.454 e. The average molecular weight is 470 g/mol. The van der Waals surface area contributed by atoms with Gasteiger partial charge in [-0.15, -0.1) is 0 Å². The maximum atomic E-state index is 12.9. The Hall–Kier alpha value is -3.52. The van der Waals surface area contributed by atoms with Crippen LogP contribution >= 0.6 is 0 Å². The van der Waals surface area contributed by atoms with E-state index in [1.54, 1.807) is 7.05 Å². The molecule has 1 aliphatic rings. The van der Waals surface area contributed by atoms with Gasteiger partial charge in [-0.3, -0.25) is 10.1 Å². The first-order chi connectivity index (χ1) is 16.3. The van der Waals surface area contributed by atoms with E-state index in [-0.39, 0.29) is 18.7 Å². The third-order valence-corrected chi connectivity index (χ3v) is 5.81. The Balaban J connectivity index is 1.59. The Kier molecular flexibility index (Phi) is 7.07. The Morgan fingerprint density at radius 3 is 2.32 bits per heavy atom. The van der Waals surface area contributed by atoms with Crippen LogP contribution in [0.3, 0.4) is 0 Å². The summed E-state index contributed by atoms with van der Waals surface area (Å²) < 4.78 is 49.7. The largest absolute Gasteiger partial charge is 0.454 e. The SMILES string of the molecule is CNC(=O)C(NC(CCc1ccc(C(F)(F)F)cc1)c1ccc2c(c1)OCO2)c1ccccc1. The van der Waals surface area contributed by atoms with Crippen molar-refractivity contribution in [3.8, 4) is 11.5 Å². The van der Waals surface area contributed by atoms with Crippen molar-refractivity contribution >= 4 is 5.91 Å². The molecule has 5 nitrogen and oxygen atoms in total. The molecular formula is C26H25F3N2O3. The van der Waals surface area contributed by atoms with Crippen LogP contribution in [0.4, 0.5) is 13.2 Å². The van der Waals surface area contributed by atoms with Crippen LogP contribution in [0.15, 0.2) is 72.8 Å². The van der Waals surface area contributed by atoms with E-state index in [1.807, 2.05) is 48.5 Å². The first-order valence-corrected chi connectivity index (χ1v) is 10.9. The monoisotopic (exact) mass is 470 g/mol. The summed E-state index contributed by atoms with van der Waals surface area (Å²) in [6.45, 7) is 0.146. The third-order valence-electron chi connectivity index (χ3n) is 5.81. The van der Waals surface area contributed by atoms with Gasteiger partial charge in [0.1, 0.15) is 6.04 Å². The predicted octanol–water partition coefficient (Wildman–Crippen LogP) is 5.18. The number of aryl methyl sites for hydroxylation is 1. The van der Waals surface area contributed by atoms with Crippen LogP contribution in [0.5, 0.6) is 11.5 Å². The molecule has 0 saturated heterocycles. The standard InChI is InChI=1S/C26H25F3N2O3/c1-30-25(32)24(18-5-3-2-4-6-18)31-21(19-10-14-22-23(15-19)34-16-33-22)13-9-17-7-11-20(12-8-17)26(27,28)29/h2-8,10-12,14-15,21,24,31H,9,13,16H2,1H3,(H,30,32). The summed E-state index contributed by atoms with van der Waals surface area (Å²) in [6, 6.07) is 19.2. The number of hydrogen-bond donors (Lipinski definition) is 2. The Morgan fingerprint density at radius 2 is 1.65 bits per heavy atom. The fourth-order valence-electron chi connectivity index (χ4n) is 3.96. The van der Waals surface area contributed by atoms with Gasteiger partial charge in [0.25, 0.3) is 0 Å². The molecule has 0 aliphatic carbocycles. The first kappa shape index (κ1) is 23.6. The summed E-state index contributed by atoms with van der Waals surface area (Å²) in [7, 11) is 1.58. The quantitative estimate of drug-likeness (QED) is 0.476. The second kappa shape index (κ2) is 10.2. The maximum Gasteiger partial charge on any atom is 0.416 e. The normalized spacial score (nSPS) is 14.5. The molecular weight excluding hydrogens is 445 g/mol. The fraction of sp³-hybridized carbons (Fsp3) is 0.269. The van der Waals surface area contributed by atoms with Gasteiger partial charge in [0.05, 0.1) is 5.56 Å². The number of carbonyl (C=O) groups is 1. The van der Waals surface area contributed by atoms with Gasteiger partial charge in [-0.25, -0.2) is 0 Å². The number of nitrogens with one attached hydrogen (secondary N) is 2. The van der Waals surface area contributed by atoms with Gasteiger partial charge in [-0.05, 0) is 53.8 Å². The maximum absolute atomic E-state index is 12.9. The summed E-state index contributed by atoms with van der Waals surface area (Å²) in [6.07, 6.45) is -3.31. The molecule has 0 saturated carbocycles. The summed E-state index contributed by atoms with van der Waals surface area (Å²) >= 11 is 0. The second-order valence-electron chi connectivity index (χ2n) is 8.02. The summed E-state index contributed by atoms with van der Waals surface area (Å²) in [5, 5.41) is 6.15. The smallest absolute Gasteiger partial charge is 0.416 e. The molecule has 0 bridgehead atoms. The lowest BCUT2D eigenvalue weighted by molar-refractivity contribution is -0.137. The number of benzene rings is 3. The van der Waals surface area contributed by atoms with Crippen molar-refractivity contribution in [3.05, 3.63) is 95.1 Å². The molecule has 2 N–H and O–H groups in total. The lowest BCUT2D eigenvalue weighted by Gasteiger charge is -2.26. The highest BCUT2D eigenvalue weighted by Crippen LogP contribution is 2.36. The van der Waals surface area contributed by atoms with Crippen LogP contribution in [0.25, 0.3) is 0 Å². The van der Waals surface area contributed by atoms with E-state index in [1.165, 1.54) is 12.1 Å². The number of alkyl halides is 3. The van der Waals surface area contributed by atoms with Crippen LogP contribution in [-0.2, 0) is 17.4 Å². The van der Waals surface area contributed by atoms with Crippen molar-refractivity contribution in [2.24, 2.45) is 0 Å². The highest BCUT2D eigenvalue weighted by atomic mass is 19.4. The molecule has 2 atom stereocenters. The van der Waals surface area contributed by atoms with E-state index in [0.717, 1.165) is 28.8 Å².